The number of aliphatic carboxylic acids is 1. The predicted octanol–water partition coefficient (Wildman–Crippen LogP) is 2.57. The van der Waals surface area contributed by atoms with Gasteiger partial charge in [0.05, 0.1) is 5.41 Å². The molecule has 1 unspecified atom stereocenters. The molecule has 1 aromatic rings. The summed E-state index contributed by atoms with van der Waals surface area (Å²) in [4.78, 5) is 25.3. The molecular weight excluding hydrogens is 273 g/mol. The summed E-state index contributed by atoms with van der Waals surface area (Å²) in [6.45, 7) is 1.49. The number of likely N-dealkylation sites (N-methyl/N-ethyl adjacent to an activating group) is 1. The summed E-state index contributed by atoms with van der Waals surface area (Å²) in [6, 6.07) is 5.10. The number of rotatable bonds is 4. The first kappa shape index (κ1) is 15.5. The summed E-state index contributed by atoms with van der Waals surface area (Å²) >= 11 is 0. The van der Waals surface area contributed by atoms with Gasteiger partial charge in [0.1, 0.15) is 11.9 Å². The van der Waals surface area contributed by atoms with Crippen molar-refractivity contribution in [1.82, 2.24) is 4.90 Å². The second-order valence-corrected chi connectivity index (χ2v) is 5.73. The lowest BCUT2D eigenvalue weighted by atomic mass is 9.77. The lowest BCUT2D eigenvalue weighted by Gasteiger charge is -2.34. The number of carbonyl (C=O) groups excluding carboxylic acids is 1. The second-order valence-electron chi connectivity index (χ2n) is 5.73. The second kappa shape index (κ2) is 5.84. The summed E-state index contributed by atoms with van der Waals surface area (Å²) in [5.74, 6) is -1.56. The average molecular weight is 293 g/mol. The molecule has 0 aliphatic heterocycles. The van der Waals surface area contributed by atoms with E-state index in [1.165, 1.54) is 31.0 Å². The number of nitrogens with zero attached hydrogens (tertiary/aromatic N) is 1. The van der Waals surface area contributed by atoms with Crippen molar-refractivity contribution in [3.8, 4) is 0 Å². The van der Waals surface area contributed by atoms with Crippen LogP contribution in [-0.4, -0.2) is 35.0 Å². The van der Waals surface area contributed by atoms with Crippen LogP contribution in [0.1, 0.15) is 38.2 Å². The molecule has 4 nitrogen and oxygen atoms in total. The third-order valence-corrected chi connectivity index (χ3v) is 4.52. The number of benzene rings is 1. The Labute approximate surface area is 123 Å². The van der Waals surface area contributed by atoms with Crippen LogP contribution < -0.4 is 0 Å². The van der Waals surface area contributed by atoms with Gasteiger partial charge in [-0.25, -0.2) is 9.18 Å². The van der Waals surface area contributed by atoms with Gasteiger partial charge in [-0.2, -0.15) is 0 Å². The third-order valence-electron chi connectivity index (χ3n) is 4.52. The Bertz CT molecular complexity index is 535. The lowest BCUT2D eigenvalue weighted by molar-refractivity contribution is -0.150. The van der Waals surface area contributed by atoms with Crippen molar-refractivity contribution in [2.24, 2.45) is 0 Å². The Morgan fingerprint density at radius 2 is 1.76 bits per heavy atom. The molecule has 1 atom stereocenters. The fourth-order valence-electron chi connectivity index (χ4n) is 3.05. The molecule has 114 valence electrons. The summed E-state index contributed by atoms with van der Waals surface area (Å²) in [5.41, 5.74) is 0.0578. The van der Waals surface area contributed by atoms with Crippen LogP contribution in [0.2, 0.25) is 0 Å². The van der Waals surface area contributed by atoms with Crippen molar-refractivity contribution in [1.29, 1.82) is 0 Å². The van der Waals surface area contributed by atoms with Crippen LogP contribution in [0.3, 0.4) is 0 Å². The van der Waals surface area contributed by atoms with Crippen LogP contribution in [0.5, 0.6) is 0 Å². The molecule has 1 aromatic carbocycles. The van der Waals surface area contributed by atoms with Crippen molar-refractivity contribution in [2.45, 2.75) is 44.1 Å². The van der Waals surface area contributed by atoms with E-state index in [9.17, 15) is 14.0 Å². The molecule has 21 heavy (non-hydrogen) atoms. The summed E-state index contributed by atoms with van der Waals surface area (Å²) in [6.07, 6.45) is 3.18. The molecule has 1 N–H and O–H groups in total. The van der Waals surface area contributed by atoms with Crippen molar-refractivity contribution in [3.63, 3.8) is 0 Å². The molecule has 1 amide bonds. The van der Waals surface area contributed by atoms with Gasteiger partial charge < -0.3 is 10.0 Å². The van der Waals surface area contributed by atoms with Gasteiger partial charge in [-0.05, 0) is 37.5 Å². The van der Waals surface area contributed by atoms with E-state index < -0.39 is 17.4 Å². The van der Waals surface area contributed by atoms with Gasteiger partial charge >= 0.3 is 5.97 Å². The van der Waals surface area contributed by atoms with Crippen LogP contribution in [0.4, 0.5) is 4.39 Å². The van der Waals surface area contributed by atoms with E-state index in [1.807, 2.05) is 0 Å². The SMILES string of the molecule is CC(C(=O)O)N(C)C(=O)C1(c2ccc(F)cc2)CCCC1. The molecular formula is C16H20FNO3. The fraction of sp³-hybridized carbons (Fsp3) is 0.500. The zero-order valence-electron chi connectivity index (χ0n) is 12.3. The van der Waals surface area contributed by atoms with Gasteiger partial charge in [0.25, 0.3) is 0 Å². The monoisotopic (exact) mass is 293 g/mol. The molecule has 0 bridgehead atoms. The Morgan fingerprint density at radius 3 is 2.24 bits per heavy atom. The van der Waals surface area contributed by atoms with Crippen LogP contribution in [0.25, 0.3) is 0 Å². The first-order chi connectivity index (χ1) is 9.88. The molecule has 5 heteroatoms. The standard InChI is InChI=1S/C16H20FNO3/c1-11(14(19)20)18(2)15(21)16(9-3-4-10-16)12-5-7-13(17)8-6-12/h5-8,11H,3-4,9-10H2,1-2H3,(H,19,20). The maximum Gasteiger partial charge on any atom is 0.326 e. The van der Waals surface area contributed by atoms with Crippen molar-refractivity contribution >= 4 is 11.9 Å². The molecule has 1 saturated carbocycles. The smallest absolute Gasteiger partial charge is 0.326 e. The van der Waals surface area contributed by atoms with Crippen molar-refractivity contribution in [3.05, 3.63) is 35.6 Å². The normalized spacial score (nSPS) is 18.2. The molecule has 2 rings (SSSR count). The van der Waals surface area contributed by atoms with Crippen molar-refractivity contribution in [2.75, 3.05) is 7.05 Å². The van der Waals surface area contributed by atoms with Gasteiger partial charge in [0.15, 0.2) is 0 Å². The van der Waals surface area contributed by atoms with Gasteiger partial charge in [-0.3, -0.25) is 4.79 Å². The Balaban J connectivity index is 2.36. The quantitative estimate of drug-likeness (QED) is 0.928. The van der Waals surface area contributed by atoms with Crippen LogP contribution in [-0.2, 0) is 15.0 Å². The van der Waals surface area contributed by atoms with Gasteiger partial charge in [-0.1, -0.05) is 25.0 Å². The highest BCUT2D eigenvalue weighted by molar-refractivity contribution is 5.91. The number of hydrogen-bond acceptors (Lipinski definition) is 2. The van der Waals surface area contributed by atoms with E-state index in [2.05, 4.69) is 0 Å². The summed E-state index contributed by atoms with van der Waals surface area (Å²) in [7, 11) is 1.52. The van der Waals surface area contributed by atoms with E-state index in [4.69, 9.17) is 5.11 Å². The maximum absolute atomic E-state index is 13.1. The molecule has 1 aliphatic carbocycles. The number of hydrogen-bond donors (Lipinski definition) is 1. The van der Waals surface area contributed by atoms with E-state index in [0.717, 1.165) is 18.4 Å². The zero-order valence-corrected chi connectivity index (χ0v) is 12.3. The molecule has 1 fully saturated rings. The predicted molar refractivity (Wildman–Crippen MR) is 76.4 cm³/mol. The number of carboxylic acid groups (broad SMARTS) is 1. The van der Waals surface area contributed by atoms with E-state index in [0.29, 0.717) is 12.8 Å². The van der Waals surface area contributed by atoms with Gasteiger partial charge in [-0.15, -0.1) is 0 Å². The number of halogens is 1. The Kier molecular flexibility index (Phi) is 4.30. The van der Waals surface area contributed by atoms with Crippen LogP contribution in [0, 0.1) is 5.82 Å². The molecule has 0 radical (unpaired) electrons. The molecule has 1 aliphatic rings. The highest BCUT2D eigenvalue weighted by Gasteiger charge is 2.45. The fourth-order valence-corrected chi connectivity index (χ4v) is 3.05. The number of amides is 1. The van der Waals surface area contributed by atoms with Crippen LogP contribution in [0.15, 0.2) is 24.3 Å². The molecule has 0 spiro atoms. The van der Waals surface area contributed by atoms with E-state index in [1.54, 1.807) is 12.1 Å². The zero-order chi connectivity index (χ0) is 15.6. The minimum atomic E-state index is -1.03. The molecule has 0 aromatic heterocycles. The molecule has 0 heterocycles. The topological polar surface area (TPSA) is 57.6 Å². The van der Waals surface area contributed by atoms with Gasteiger partial charge in [0, 0.05) is 7.05 Å². The van der Waals surface area contributed by atoms with Gasteiger partial charge in [0.2, 0.25) is 5.91 Å². The number of carbonyl (C=O) groups is 2. The summed E-state index contributed by atoms with van der Waals surface area (Å²) in [5, 5.41) is 9.09. The highest BCUT2D eigenvalue weighted by atomic mass is 19.1. The Hall–Kier alpha value is -1.91. The number of carboxylic acids is 1. The first-order valence-corrected chi connectivity index (χ1v) is 7.14. The van der Waals surface area contributed by atoms with E-state index in [-0.39, 0.29) is 11.7 Å². The average Bonchev–Trinajstić information content (AvgIpc) is 2.96. The maximum atomic E-state index is 13.1. The first-order valence-electron chi connectivity index (χ1n) is 7.14. The Morgan fingerprint density at radius 1 is 1.24 bits per heavy atom. The van der Waals surface area contributed by atoms with Crippen LogP contribution >= 0.6 is 0 Å². The largest absolute Gasteiger partial charge is 0.480 e. The minimum Gasteiger partial charge on any atom is -0.480 e. The minimum absolute atomic E-state index is 0.193. The molecule has 0 saturated heterocycles. The lowest BCUT2D eigenvalue weighted by Crippen LogP contribution is -2.49. The third kappa shape index (κ3) is 2.77. The van der Waals surface area contributed by atoms with Crippen molar-refractivity contribution < 1.29 is 19.1 Å². The summed E-state index contributed by atoms with van der Waals surface area (Å²) < 4.78 is 13.1. The van der Waals surface area contributed by atoms with E-state index >= 15 is 0 Å². The highest BCUT2D eigenvalue weighted by Crippen LogP contribution is 2.42.